The zero-order valence-electron chi connectivity index (χ0n) is 16.3. The van der Waals surface area contributed by atoms with Gasteiger partial charge >= 0.3 is 0 Å². The molecule has 4 nitrogen and oxygen atoms in total. The number of rotatable bonds is 11. The fourth-order valence-corrected chi connectivity index (χ4v) is 2.66. The van der Waals surface area contributed by atoms with Crippen LogP contribution in [0.5, 0.6) is 0 Å². The van der Waals surface area contributed by atoms with Crippen molar-refractivity contribution in [3.63, 3.8) is 0 Å². The second-order valence-corrected chi connectivity index (χ2v) is 12.2. The van der Waals surface area contributed by atoms with E-state index in [0.29, 0.717) is 25.4 Å². The van der Waals surface area contributed by atoms with Crippen LogP contribution in [-0.4, -0.2) is 41.0 Å². The van der Waals surface area contributed by atoms with Gasteiger partial charge in [0, 0.05) is 13.0 Å². The van der Waals surface area contributed by atoms with E-state index < -0.39 is 14.6 Å². The highest BCUT2D eigenvalue weighted by Gasteiger charge is 2.38. The molecule has 1 unspecified atom stereocenters. The minimum absolute atomic E-state index is 0.156. The Labute approximate surface area is 144 Å². The van der Waals surface area contributed by atoms with Gasteiger partial charge in [0.05, 0.1) is 25.6 Å². The van der Waals surface area contributed by atoms with Crippen LogP contribution in [0.25, 0.3) is 0 Å². The van der Waals surface area contributed by atoms with Gasteiger partial charge in [0.1, 0.15) is 0 Å². The van der Waals surface area contributed by atoms with Gasteiger partial charge in [-0.25, -0.2) is 0 Å². The molecule has 0 saturated heterocycles. The molecule has 23 heavy (non-hydrogen) atoms. The summed E-state index contributed by atoms with van der Waals surface area (Å²) in [5, 5.41) is 0.156. The highest BCUT2D eigenvalue weighted by molar-refractivity contribution is 6.74. The summed E-state index contributed by atoms with van der Waals surface area (Å²) in [5.41, 5.74) is 0.840. The van der Waals surface area contributed by atoms with Gasteiger partial charge in [0.25, 0.3) is 0 Å². The third-order valence-electron chi connectivity index (χ3n) is 4.22. The lowest BCUT2D eigenvalue weighted by Gasteiger charge is -2.37. The van der Waals surface area contributed by atoms with Gasteiger partial charge in [-0.05, 0) is 37.6 Å². The van der Waals surface area contributed by atoms with Gasteiger partial charge in [0.2, 0.25) is 0 Å². The molecule has 0 fully saturated rings. The Morgan fingerprint density at radius 3 is 2.13 bits per heavy atom. The summed E-state index contributed by atoms with van der Waals surface area (Å²) in [6.07, 6.45) is -0.0374. The monoisotopic (exact) mass is 344 g/mol. The van der Waals surface area contributed by atoms with Crippen LogP contribution >= 0.6 is 0 Å². The van der Waals surface area contributed by atoms with E-state index in [4.69, 9.17) is 18.6 Å². The van der Waals surface area contributed by atoms with Crippen molar-refractivity contribution < 1.29 is 18.6 Å². The zero-order chi connectivity index (χ0) is 18.3. The van der Waals surface area contributed by atoms with E-state index >= 15 is 0 Å². The van der Waals surface area contributed by atoms with E-state index in [-0.39, 0.29) is 11.1 Å². The Balaban J connectivity index is 4.94. The summed E-state index contributed by atoms with van der Waals surface area (Å²) < 4.78 is 23.2. The molecule has 0 bridgehead atoms. The third kappa shape index (κ3) is 8.15. The van der Waals surface area contributed by atoms with Crippen LogP contribution in [0.3, 0.4) is 0 Å². The lowest BCUT2D eigenvalue weighted by molar-refractivity contribution is -0.155. The maximum Gasteiger partial charge on any atom is 0.192 e. The fourth-order valence-electron chi connectivity index (χ4n) is 1.63. The molecule has 0 aliphatic heterocycles. The molecular formula is C18H36O4Si. The predicted molar refractivity (Wildman–Crippen MR) is 99.0 cm³/mol. The van der Waals surface area contributed by atoms with Crippen LogP contribution in [-0.2, 0) is 18.6 Å². The molecule has 0 aliphatic carbocycles. The van der Waals surface area contributed by atoms with E-state index in [1.807, 2.05) is 13.8 Å². The van der Waals surface area contributed by atoms with Crippen molar-refractivity contribution in [1.29, 1.82) is 0 Å². The summed E-state index contributed by atoms with van der Waals surface area (Å²) in [6, 6.07) is 0. The zero-order valence-corrected chi connectivity index (χ0v) is 17.3. The summed E-state index contributed by atoms with van der Waals surface area (Å²) >= 11 is 0. The van der Waals surface area contributed by atoms with E-state index in [0.717, 1.165) is 5.57 Å². The predicted octanol–water partition coefficient (Wildman–Crippen LogP) is 4.88. The van der Waals surface area contributed by atoms with Gasteiger partial charge in [0.15, 0.2) is 14.6 Å². The van der Waals surface area contributed by atoms with E-state index in [2.05, 4.69) is 47.0 Å². The van der Waals surface area contributed by atoms with Gasteiger partial charge in [-0.2, -0.15) is 0 Å². The minimum atomic E-state index is -1.84. The lowest BCUT2D eigenvalue weighted by atomic mass is 10.2. The molecule has 0 spiro atoms. The van der Waals surface area contributed by atoms with E-state index in [1.54, 1.807) is 7.11 Å². The van der Waals surface area contributed by atoms with Crippen molar-refractivity contribution in [2.45, 2.75) is 71.6 Å². The Hall–Kier alpha value is -0.623. The average Bonchev–Trinajstić information content (AvgIpc) is 2.42. The normalized spacial score (nSPS) is 15.1. The molecule has 0 aliphatic rings. The Morgan fingerprint density at radius 2 is 1.74 bits per heavy atom. The van der Waals surface area contributed by atoms with Crippen LogP contribution in [0.2, 0.25) is 18.1 Å². The van der Waals surface area contributed by atoms with E-state index in [1.165, 1.54) is 0 Å². The first-order valence-corrected chi connectivity index (χ1v) is 11.1. The molecule has 0 heterocycles. The van der Waals surface area contributed by atoms with Gasteiger partial charge in [-0.1, -0.05) is 33.9 Å². The molecule has 136 valence electrons. The van der Waals surface area contributed by atoms with Gasteiger partial charge in [-0.3, -0.25) is 0 Å². The maximum atomic E-state index is 6.29. The fraction of sp³-hybridized carbons (Fsp3) is 0.778. The van der Waals surface area contributed by atoms with E-state index in [9.17, 15) is 0 Å². The van der Waals surface area contributed by atoms with Crippen LogP contribution in [0.1, 0.15) is 41.0 Å². The molecule has 0 aromatic carbocycles. The summed E-state index contributed by atoms with van der Waals surface area (Å²) in [5.74, 6) is 0.672. The topological polar surface area (TPSA) is 36.9 Å². The standard InChI is InChI=1S/C18H36O4Si/c1-11-20-17(14(2)3)22-16(12-15(4)19-8)13-21-23(9,10)18(5,6)7/h16-17H,2,4,11-13H2,1,3,5-10H3/t16-,17?/m1/s1. The first kappa shape index (κ1) is 22.4. The summed E-state index contributed by atoms with van der Waals surface area (Å²) in [6.45, 7) is 23.9. The summed E-state index contributed by atoms with van der Waals surface area (Å²) in [7, 11) is -0.221. The first-order valence-electron chi connectivity index (χ1n) is 8.22. The highest BCUT2D eigenvalue weighted by Crippen LogP contribution is 2.36. The van der Waals surface area contributed by atoms with Crippen LogP contribution < -0.4 is 0 Å². The number of hydrogen-bond donors (Lipinski definition) is 0. The second-order valence-electron chi connectivity index (χ2n) is 7.41. The van der Waals surface area contributed by atoms with Crippen molar-refractivity contribution in [1.82, 2.24) is 0 Å². The van der Waals surface area contributed by atoms with Crippen molar-refractivity contribution in [2.24, 2.45) is 0 Å². The molecule has 0 radical (unpaired) electrons. The Kier molecular flexibility index (Phi) is 9.36. The Morgan fingerprint density at radius 1 is 1.17 bits per heavy atom. The molecule has 0 saturated carbocycles. The van der Waals surface area contributed by atoms with Crippen molar-refractivity contribution >= 4 is 8.32 Å². The molecular weight excluding hydrogens is 308 g/mol. The third-order valence-corrected chi connectivity index (χ3v) is 8.72. The molecule has 0 amide bonds. The largest absolute Gasteiger partial charge is 0.502 e. The molecule has 0 N–H and O–H groups in total. The molecule has 0 aromatic heterocycles. The summed E-state index contributed by atoms with van der Waals surface area (Å²) in [4.78, 5) is 0. The second kappa shape index (κ2) is 9.62. The molecule has 0 rings (SSSR count). The lowest BCUT2D eigenvalue weighted by Crippen LogP contribution is -2.43. The highest BCUT2D eigenvalue weighted by atomic mass is 28.4. The molecule has 5 heteroatoms. The smallest absolute Gasteiger partial charge is 0.192 e. The van der Waals surface area contributed by atoms with Gasteiger partial charge < -0.3 is 18.6 Å². The SMILES string of the molecule is C=C(C[C@H](CO[Si](C)(C)C(C)(C)C)OC(OCC)C(=C)C)OC. The first-order chi connectivity index (χ1) is 10.4. The average molecular weight is 345 g/mol. The van der Waals surface area contributed by atoms with Crippen molar-refractivity contribution in [3.05, 3.63) is 24.5 Å². The quantitative estimate of drug-likeness (QED) is 0.232. The van der Waals surface area contributed by atoms with Crippen molar-refractivity contribution in [2.75, 3.05) is 20.3 Å². The van der Waals surface area contributed by atoms with Crippen LogP contribution in [0.4, 0.5) is 0 Å². The number of methoxy groups -OCH3 is 1. The minimum Gasteiger partial charge on any atom is -0.502 e. The van der Waals surface area contributed by atoms with Crippen molar-refractivity contribution in [3.8, 4) is 0 Å². The number of ether oxygens (including phenoxy) is 3. The molecule has 2 atom stereocenters. The van der Waals surface area contributed by atoms with Crippen LogP contribution in [0.15, 0.2) is 24.5 Å². The molecule has 0 aromatic rings. The number of hydrogen-bond acceptors (Lipinski definition) is 4. The van der Waals surface area contributed by atoms with Gasteiger partial charge in [-0.15, -0.1) is 0 Å². The maximum absolute atomic E-state index is 6.29. The van der Waals surface area contributed by atoms with Crippen LogP contribution in [0, 0.1) is 0 Å². The Bertz CT molecular complexity index is 385.